The molecule has 0 radical (unpaired) electrons. The van der Waals surface area contributed by atoms with Crippen molar-refractivity contribution >= 4 is 15.9 Å². The minimum absolute atomic E-state index is 0.000457. The van der Waals surface area contributed by atoms with Crippen LogP contribution in [0.1, 0.15) is 29.0 Å². The Hall–Kier alpha value is -1.98. The third-order valence-corrected chi connectivity index (χ3v) is 5.78. The van der Waals surface area contributed by atoms with Crippen molar-refractivity contribution in [2.45, 2.75) is 24.5 Å². The van der Waals surface area contributed by atoms with E-state index in [1.807, 2.05) is 84.9 Å². The summed E-state index contributed by atoms with van der Waals surface area (Å²) in [5.41, 5.74) is 1.92. The van der Waals surface area contributed by atoms with E-state index < -0.39 is 5.60 Å². The van der Waals surface area contributed by atoms with E-state index in [2.05, 4.69) is 15.9 Å². The zero-order valence-corrected chi connectivity index (χ0v) is 17.3. The topological polar surface area (TPSA) is 49.7 Å². The number of ether oxygens (including phenoxy) is 1. The van der Waals surface area contributed by atoms with Gasteiger partial charge in [-0.25, -0.2) is 0 Å². The molecule has 0 spiro atoms. The van der Waals surface area contributed by atoms with Crippen LogP contribution >= 0.6 is 15.9 Å². The Morgan fingerprint density at radius 3 is 2.04 bits per heavy atom. The van der Waals surface area contributed by atoms with Gasteiger partial charge in [-0.1, -0.05) is 94.8 Å². The molecule has 2 N–H and O–H groups in total. The van der Waals surface area contributed by atoms with Gasteiger partial charge in [0, 0.05) is 22.6 Å². The summed E-state index contributed by atoms with van der Waals surface area (Å²) in [6.45, 7) is 0.153. The minimum atomic E-state index is -1.000. The average Bonchev–Trinajstić information content (AvgIpc) is 2.76. The number of aliphatic hydroxyl groups is 2. The Morgan fingerprint density at radius 2 is 1.43 bits per heavy atom. The first-order valence-electron chi connectivity index (χ1n) is 9.41. The van der Waals surface area contributed by atoms with E-state index in [1.165, 1.54) is 0 Å². The van der Waals surface area contributed by atoms with Gasteiger partial charge in [0.05, 0.1) is 13.2 Å². The Balaban J connectivity index is 2.09. The van der Waals surface area contributed by atoms with Gasteiger partial charge < -0.3 is 14.9 Å². The van der Waals surface area contributed by atoms with Crippen LogP contribution in [0.25, 0.3) is 0 Å². The maximum atomic E-state index is 10.7. The first-order chi connectivity index (χ1) is 13.7. The highest BCUT2D eigenvalue weighted by atomic mass is 79.9. The van der Waals surface area contributed by atoms with Crippen molar-refractivity contribution in [2.75, 3.05) is 13.2 Å². The third kappa shape index (κ3) is 4.53. The molecule has 3 aromatic carbocycles. The minimum Gasteiger partial charge on any atom is -0.396 e. The molecular formula is C24H25BrO3. The zero-order valence-electron chi connectivity index (χ0n) is 15.7. The van der Waals surface area contributed by atoms with Gasteiger partial charge in [0.1, 0.15) is 5.60 Å². The predicted octanol–water partition coefficient (Wildman–Crippen LogP) is 5.02. The van der Waals surface area contributed by atoms with E-state index >= 15 is 0 Å². The number of aliphatic hydroxyl groups excluding tert-OH is 2. The second-order valence-electron chi connectivity index (χ2n) is 6.78. The Labute approximate surface area is 174 Å². The summed E-state index contributed by atoms with van der Waals surface area (Å²) in [6.07, 6.45) is 0.473. The van der Waals surface area contributed by atoms with Crippen molar-refractivity contribution < 1.29 is 14.9 Å². The lowest BCUT2D eigenvalue weighted by Gasteiger charge is -2.41. The molecule has 1 unspecified atom stereocenters. The molecular weight excluding hydrogens is 416 g/mol. The van der Waals surface area contributed by atoms with Crippen molar-refractivity contribution in [1.82, 2.24) is 0 Å². The normalized spacial score (nSPS) is 14.4. The van der Waals surface area contributed by atoms with Gasteiger partial charge in [-0.2, -0.15) is 0 Å². The summed E-state index contributed by atoms with van der Waals surface area (Å²) in [6, 6.07) is 27.7. The van der Waals surface area contributed by atoms with E-state index in [-0.39, 0.29) is 19.1 Å². The van der Waals surface area contributed by atoms with E-state index in [4.69, 9.17) is 4.74 Å². The molecule has 3 aromatic rings. The van der Waals surface area contributed by atoms with E-state index in [9.17, 15) is 10.2 Å². The number of benzene rings is 3. The molecule has 3 nitrogen and oxygen atoms in total. The van der Waals surface area contributed by atoms with Gasteiger partial charge in [-0.3, -0.25) is 0 Å². The molecule has 28 heavy (non-hydrogen) atoms. The van der Waals surface area contributed by atoms with Crippen LogP contribution in [0, 0.1) is 0 Å². The second kappa shape index (κ2) is 9.99. The maximum Gasteiger partial charge on any atom is 0.124 e. The fraction of sp³-hybridized carbons (Fsp3) is 0.250. The number of halogens is 1. The first-order valence-corrected chi connectivity index (χ1v) is 10.2. The molecule has 0 heterocycles. The average molecular weight is 441 g/mol. The Kier molecular flexibility index (Phi) is 7.40. The highest BCUT2D eigenvalue weighted by Gasteiger charge is 2.43. The summed E-state index contributed by atoms with van der Waals surface area (Å²) >= 11 is 3.64. The molecule has 4 heteroatoms. The number of rotatable bonds is 9. The molecule has 0 fully saturated rings. The van der Waals surface area contributed by atoms with Crippen molar-refractivity contribution in [2.24, 2.45) is 0 Å². The van der Waals surface area contributed by atoms with Crippen LogP contribution in [-0.2, 0) is 16.9 Å². The quantitative estimate of drug-likeness (QED) is 0.490. The molecule has 0 saturated heterocycles. The molecule has 146 valence electrons. The number of hydrogen-bond donors (Lipinski definition) is 2. The van der Waals surface area contributed by atoms with Crippen LogP contribution in [0.4, 0.5) is 0 Å². The van der Waals surface area contributed by atoms with Gasteiger partial charge >= 0.3 is 0 Å². The van der Waals surface area contributed by atoms with Crippen LogP contribution in [0.5, 0.6) is 0 Å². The predicted molar refractivity (Wildman–Crippen MR) is 115 cm³/mol. The van der Waals surface area contributed by atoms with Crippen molar-refractivity contribution in [3.05, 3.63) is 106 Å². The smallest absolute Gasteiger partial charge is 0.124 e. The summed E-state index contributed by atoms with van der Waals surface area (Å²) < 4.78 is 7.38. The van der Waals surface area contributed by atoms with Gasteiger partial charge in [0.2, 0.25) is 0 Å². The standard InChI is InChI=1S/C24H25BrO3/c25-23-14-8-7-13-22(23)24(18-27,28-17-19-9-3-1-4-10-19)21(15-16-26)20-11-5-2-6-12-20/h1-14,21,26-27H,15-18H2/t21-,24?/m0/s1. The number of hydrogen-bond acceptors (Lipinski definition) is 3. The molecule has 0 saturated carbocycles. The van der Waals surface area contributed by atoms with Crippen LogP contribution in [0.15, 0.2) is 89.4 Å². The lowest BCUT2D eigenvalue weighted by Crippen LogP contribution is -2.41. The summed E-state index contributed by atoms with van der Waals surface area (Å²) in [5.74, 6) is -0.217. The van der Waals surface area contributed by atoms with Gasteiger partial charge in [-0.05, 0) is 23.6 Å². The Bertz CT molecular complexity index is 854. The maximum absolute atomic E-state index is 10.7. The van der Waals surface area contributed by atoms with E-state index in [0.29, 0.717) is 13.0 Å². The fourth-order valence-corrected chi connectivity index (χ4v) is 4.30. The lowest BCUT2D eigenvalue weighted by atomic mass is 9.75. The molecule has 0 bridgehead atoms. The molecule has 0 amide bonds. The summed E-state index contributed by atoms with van der Waals surface area (Å²) in [7, 11) is 0. The monoisotopic (exact) mass is 440 g/mol. The Morgan fingerprint density at radius 1 is 0.821 bits per heavy atom. The zero-order chi connectivity index (χ0) is 19.8. The van der Waals surface area contributed by atoms with Gasteiger partial charge in [0.25, 0.3) is 0 Å². The van der Waals surface area contributed by atoms with Crippen LogP contribution in [0.2, 0.25) is 0 Å². The van der Waals surface area contributed by atoms with E-state index in [1.54, 1.807) is 0 Å². The lowest BCUT2D eigenvalue weighted by molar-refractivity contribution is -0.117. The van der Waals surface area contributed by atoms with Crippen LogP contribution in [0.3, 0.4) is 0 Å². The van der Waals surface area contributed by atoms with Gasteiger partial charge in [0.15, 0.2) is 0 Å². The first kappa shape index (κ1) is 20.7. The molecule has 2 atom stereocenters. The van der Waals surface area contributed by atoms with Crippen molar-refractivity contribution in [3.63, 3.8) is 0 Å². The molecule has 0 aliphatic heterocycles. The molecule has 0 aliphatic carbocycles. The molecule has 0 aromatic heterocycles. The summed E-state index contributed by atoms with van der Waals surface area (Å²) in [4.78, 5) is 0. The van der Waals surface area contributed by atoms with Gasteiger partial charge in [-0.15, -0.1) is 0 Å². The largest absolute Gasteiger partial charge is 0.396 e. The van der Waals surface area contributed by atoms with Crippen molar-refractivity contribution in [1.29, 1.82) is 0 Å². The fourth-order valence-electron chi connectivity index (χ4n) is 3.68. The van der Waals surface area contributed by atoms with Crippen LogP contribution < -0.4 is 0 Å². The van der Waals surface area contributed by atoms with Crippen LogP contribution in [-0.4, -0.2) is 23.4 Å². The van der Waals surface area contributed by atoms with Crippen molar-refractivity contribution in [3.8, 4) is 0 Å². The highest BCUT2D eigenvalue weighted by Crippen LogP contribution is 2.45. The van der Waals surface area contributed by atoms with E-state index in [0.717, 1.165) is 21.2 Å². The third-order valence-electron chi connectivity index (χ3n) is 5.09. The molecule has 3 rings (SSSR count). The SMILES string of the molecule is OCC[C@@H](c1ccccc1)C(CO)(OCc1ccccc1)c1ccccc1Br. The summed E-state index contributed by atoms with van der Waals surface area (Å²) in [5, 5.41) is 20.5. The highest BCUT2D eigenvalue weighted by molar-refractivity contribution is 9.10. The second-order valence-corrected chi connectivity index (χ2v) is 7.63. The molecule has 0 aliphatic rings.